The fourth-order valence-electron chi connectivity index (χ4n) is 3.21. The highest BCUT2D eigenvalue weighted by Crippen LogP contribution is 2.14. The van der Waals surface area contributed by atoms with Gasteiger partial charge in [-0.05, 0) is 37.6 Å². The Kier molecular flexibility index (Phi) is 10.2. The number of hydrogen-bond acceptors (Lipinski definition) is 4. The highest BCUT2D eigenvalue weighted by Gasteiger charge is 2.14. The van der Waals surface area contributed by atoms with Gasteiger partial charge in [-0.2, -0.15) is 0 Å². The van der Waals surface area contributed by atoms with Gasteiger partial charge in [-0.25, -0.2) is 9.98 Å². The molecule has 2 N–H and O–H groups in total. The van der Waals surface area contributed by atoms with Crippen LogP contribution < -0.4 is 15.5 Å². The Hall–Kier alpha value is -1.87. The first kappa shape index (κ1) is 23.4. The largest absolute Gasteiger partial charge is 0.357 e. The number of guanidine groups is 1. The number of nitrogens with zero attached hydrogens (tertiary/aromatic N) is 4. The van der Waals surface area contributed by atoms with E-state index in [-0.39, 0.29) is 24.0 Å². The molecular weight excluding hydrogens is 475 g/mol. The van der Waals surface area contributed by atoms with E-state index in [0.717, 1.165) is 63.0 Å². The molecule has 1 saturated heterocycles. The van der Waals surface area contributed by atoms with Crippen LogP contribution in [0.25, 0.3) is 0 Å². The molecule has 0 unspecified atom stereocenters. The minimum absolute atomic E-state index is 0. The van der Waals surface area contributed by atoms with Gasteiger partial charge in [-0.15, -0.1) is 24.0 Å². The molecule has 1 aromatic heterocycles. The Labute approximate surface area is 191 Å². The van der Waals surface area contributed by atoms with Crippen LogP contribution in [0.2, 0.25) is 0 Å². The molecule has 0 saturated carbocycles. The number of piperazine rings is 1. The van der Waals surface area contributed by atoms with Crippen molar-refractivity contribution >= 4 is 35.8 Å². The molecule has 0 aliphatic carbocycles. The summed E-state index contributed by atoms with van der Waals surface area (Å²) in [5.41, 5.74) is 2.45. The van der Waals surface area contributed by atoms with E-state index in [4.69, 9.17) is 4.99 Å². The number of likely N-dealkylation sites (N-methyl/N-ethyl adjacent to an activating group) is 1. The van der Waals surface area contributed by atoms with Crippen molar-refractivity contribution < 1.29 is 0 Å². The van der Waals surface area contributed by atoms with Crippen molar-refractivity contribution in [1.82, 2.24) is 20.5 Å². The summed E-state index contributed by atoms with van der Waals surface area (Å²) < 4.78 is 0. The van der Waals surface area contributed by atoms with Crippen LogP contribution in [-0.2, 0) is 13.0 Å². The summed E-state index contributed by atoms with van der Waals surface area (Å²) in [5.74, 6) is 1.91. The van der Waals surface area contributed by atoms with Crippen molar-refractivity contribution in [3.05, 3.63) is 59.8 Å². The molecule has 1 fully saturated rings. The molecule has 2 aromatic rings. The van der Waals surface area contributed by atoms with Crippen molar-refractivity contribution in [2.24, 2.45) is 4.99 Å². The maximum Gasteiger partial charge on any atom is 0.191 e. The maximum absolute atomic E-state index is 4.70. The summed E-state index contributed by atoms with van der Waals surface area (Å²) in [6.45, 7) is 8.67. The molecule has 3 rings (SSSR count). The van der Waals surface area contributed by atoms with Gasteiger partial charge in [0.15, 0.2) is 5.96 Å². The van der Waals surface area contributed by atoms with Crippen molar-refractivity contribution in [2.45, 2.75) is 19.9 Å². The third kappa shape index (κ3) is 7.81. The quantitative estimate of drug-likeness (QED) is 0.342. The number of benzene rings is 1. The summed E-state index contributed by atoms with van der Waals surface area (Å²) in [7, 11) is 2.17. The molecule has 0 atom stereocenters. The summed E-state index contributed by atoms with van der Waals surface area (Å²) in [5, 5.41) is 6.72. The third-order valence-electron chi connectivity index (χ3n) is 4.95. The van der Waals surface area contributed by atoms with Gasteiger partial charge in [0.05, 0.1) is 6.54 Å². The van der Waals surface area contributed by atoms with Crippen molar-refractivity contribution in [2.75, 3.05) is 51.2 Å². The lowest BCUT2D eigenvalue weighted by molar-refractivity contribution is 0.312. The molecule has 1 aliphatic heterocycles. The molecule has 1 aliphatic rings. The zero-order valence-corrected chi connectivity index (χ0v) is 19.8. The van der Waals surface area contributed by atoms with Gasteiger partial charge in [-0.3, -0.25) is 0 Å². The lowest BCUT2D eigenvalue weighted by atomic mass is 10.1. The summed E-state index contributed by atoms with van der Waals surface area (Å²) in [6, 6.07) is 14.8. The minimum atomic E-state index is 0. The molecule has 6 nitrogen and oxygen atoms in total. The van der Waals surface area contributed by atoms with Gasteiger partial charge < -0.3 is 20.4 Å². The van der Waals surface area contributed by atoms with Crippen LogP contribution >= 0.6 is 24.0 Å². The second-order valence-electron chi connectivity index (χ2n) is 7.17. The molecule has 158 valence electrons. The highest BCUT2D eigenvalue weighted by atomic mass is 127. The first-order chi connectivity index (χ1) is 13.7. The van der Waals surface area contributed by atoms with Crippen LogP contribution in [0.15, 0.2) is 53.7 Å². The molecule has 0 amide bonds. The number of anilines is 1. The minimum Gasteiger partial charge on any atom is -0.357 e. The summed E-state index contributed by atoms with van der Waals surface area (Å²) in [4.78, 5) is 14.1. The van der Waals surface area contributed by atoms with E-state index in [1.807, 2.05) is 12.3 Å². The standard InChI is InChI=1S/C22H32N6.HI/c1-3-23-22(24-12-11-19-7-5-4-6-8-19)26-18-20-9-10-21(25-17-20)28-15-13-27(2)14-16-28;/h4-10,17H,3,11-16,18H2,1-2H3,(H2,23,24,26);1H. The third-order valence-corrected chi connectivity index (χ3v) is 4.95. The fraction of sp³-hybridized carbons (Fsp3) is 0.455. The maximum atomic E-state index is 4.70. The lowest BCUT2D eigenvalue weighted by Gasteiger charge is -2.33. The average molecular weight is 508 g/mol. The monoisotopic (exact) mass is 508 g/mol. The molecule has 0 radical (unpaired) electrons. The number of pyridine rings is 1. The van der Waals surface area contributed by atoms with Gasteiger partial charge >= 0.3 is 0 Å². The van der Waals surface area contributed by atoms with E-state index in [0.29, 0.717) is 6.54 Å². The van der Waals surface area contributed by atoms with E-state index in [1.165, 1.54) is 5.56 Å². The number of halogens is 1. The van der Waals surface area contributed by atoms with Gasteiger partial charge in [0.2, 0.25) is 0 Å². The Morgan fingerprint density at radius 3 is 2.41 bits per heavy atom. The van der Waals surface area contributed by atoms with Crippen LogP contribution in [0.5, 0.6) is 0 Å². The summed E-state index contributed by atoms with van der Waals surface area (Å²) >= 11 is 0. The second-order valence-corrected chi connectivity index (χ2v) is 7.17. The number of aromatic nitrogens is 1. The van der Waals surface area contributed by atoms with Crippen LogP contribution in [0.1, 0.15) is 18.1 Å². The van der Waals surface area contributed by atoms with Gasteiger partial charge in [0.1, 0.15) is 5.82 Å². The molecule has 1 aromatic carbocycles. The smallest absolute Gasteiger partial charge is 0.191 e. The van der Waals surface area contributed by atoms with Crippen molar-refractivity contribution in [3.63, 3.8) is 0 Å². The van der Waals surface area contributed by atoms with Gasteiger partial charge in [0.25, 0.3) is 0 Å². The topological polar surface area (TPSA) is 55.8 Å². The highest BCUT2D eigenvalue weighted by molar-refractivity contribution is 14.0. The molecular formula is C22H33IN6. The number of rotatable bonds is 7. The second kappa shape index (κ2) is 12.6. The number of aliphatic imine (C=N–C) groups is 1. The molecule has 7 heteroatoms. The summed E-state index contributed by atoms with van der Waals surface area (Å²) in [6.07, 6.45) is 2.93. The first-order valence-corrected chi connectivity index (χ1v) is 10.2. The SMILES string of the molecule is CCNC(=NCc1ccc(N2CCN(C)CC2)nc1)NCCc1ccccc1.I. The normalized spacial score (nSPS) is 15.0. The zero-order valence-electron chi connectivity index (χ0n) is 17.5. The van der Waals surface area contributed by atoms with Crippen LogP contribution in [0.4, 0.5) is 5.82 Å². The zero-order chi connectivity index (χ0) is 19.6. The Balaban J connectivity index is 0.00000300. The Bertz CT molecular complexity index is 727. The van der Waals surface area contributed by atoms with Crippen molar-refractivity contribution in [1.29, 1.82) is 0 Å². The van der Waals surface area contributed by atoms with Gasteiger partial charge in [-0.1, -0.05) is 36.4 Å². The molecule has 0 spiro atoms. The van der Waals surface area contributed by atoms with E-state index >= 15 is 0 Å². The number of nitrogens with one attached hydrogen (secondary N) is 2. The van der Waals surface area contributed by atoms with E-state index in [2.05, 4.69) is 75.8 Å². The lowest BCUT2D eigenvalue weighted by Crippen LogP contribution is -2.44. The van der Waals surface area contributed by atoms with Crippen LogP contribution in [-0.4, -0.2) is 62.2 Å². The number of hydrogen-bond donors (Lipinski definition) is 2. The first-order valence-electron chi connectivity index (χ1n) is 10.2. The van der Waals surface area contributed by atoms with Crippen LogP contribution in [0, 0.1) is 0 Å². The molecule has 29 heavy (non-hydrogen) atoms. The Morgan fingerprint density at radius 2 is 1.76 bits per heavy atom. The van der Waals surface area contributed by atoms with E-state index < -0.39 is 0 Å². The predicted octanol–water partition coefficient (Wildman–Crippen LogP) is 2.75. The average Bonchev–Trinajstić information content (AvgIpc) is 2.74. The van der Waals surface area contributed by atoms with Crippen LogP contribution in [0.3, 0.4) is 0 Å². The fourth-order valence-corrected chi connectivity index (χ4v) is 3.21. The Morgan fingerprint density at radius 1 is 1.00 bits per heavy atom. The molecule has 0 bridgehead atoms. The predicted molar refractivity (Wildman–Crippen MR) is 132 cm³/mol. The molecule has 2 heterocycles. The van der Waals surface area contributed by atoms with E-state index in [9.17, 15) is 0 Å². The van der Waals surface area contributed by atoms with Crippen molar-refractivity contribution in [3.8, 4) is 0 Å². The van der Waals surface area contributed by atoms with Gasteiger partial charge in [0, 0.05) is 45.5 Å². The van der Waals surface area contributed by atoms with E-state index in [1.54, 1.807) is 0 Å².